The van der Waals surface area contributed by atoms with E-state index in [4.69, 9.17) is 11.6 Å². The van der Waals surface area contributed by atoms with Gasteiger partial charge in [-0.15, -0.1) is 11.6 Å². The smallest absolute Gasteiger partial charge is 0.0226 e. The van der Waals surface area contributed by atoms with Gasteiger partial charge in [0.25, 0.3) is 0 Å². The number of alkyl halides is 1. The molecule has 0 aromatic rings. The van der Waals surface area contributed by atoms with E-state index in [2.05, 4.69) is 15.9 Å². The van der Waals surface area contributed by atoms with Gasteiger partial charge in [-0.25, -0.2) is 0 Å². The maximum Gasteiger partial charge on any atom is 0.0226 e. The second-order valence-electron chi connectivity index (χ2n) is 1.19. The number of unbranched alkanes of at least 4 members (excludes halogenated alkanes) is 1. The highest BCUT2D eigenvalue weighted by atomic mass is 79.9. The van der Waals surface area contributed by atoms with Crippen molar-refractivity contribution in [2.45, 2.75) is 12.8 Å². The van der Waals surface area contributed by atoms with Crippen molar-refractivity contribution in [2.75, 3.05) is 5.88 Å². The van der Waals surface area contributed by atoms with Crippen LogP contribution < -0.4 is 0 Å². The fourth-order valence-corrected chi connectivity index (χ4v) is 0.677. The number of halogens is 2. The monoisotopic (exact) mass is 182 g/mol. The van der Waals surface area contributed by atoms with Gasteiger partial charge in [0.15, 0.2) is 0 Å². The lowest BCUT2D eigenvalue weighted by Crippen LogP contribution is -1.68. The molecule has 0 spiro atoms. The Balaban J connectivity index is 2.69. The normalized spacial score (nSPS) is 10.6. The van der Waals surface area contributed by atoms with Crippen LogP contribution in [-0.2, 0) is 0 Å². The molecular formula is C5H8BrCl. The van der Waals surface area contributed by atoms with Crippen molar-refractivity contribution in [2.24, 2.45) is 0 Å². The van der Waals surface area contributed by atoms with Crippen LogP contribution in [-0.4, -0.2) is 5.88 Å². The molecule has 0 saturated carbocycles. The molecule has 0 aromatic carbocycles. The summed E-state index contributed by atoms with van der Waals surface area (Å²) in [6.45, 7) is 0. The molecule has 0 nitrogen and oxygen atoms in total. The van der Waals surface area contributed by atoms with Gasteiger partial charge in [0.1, 0.15) is 0 Å². The Morgan fingerprint density at radius 3 is 2.71 bits per heavy atom. The Kier molecular flexibility index (Phi) is 6.98. The first-order valence-corrected chi connectivity index (χ1v) is 3.68. The fraction of sp³-hybridized carbons (Fsp3) is 0.600. The molecule has 0 amide bonds. The minimum atomic E-state index is 0.761. The number of hydrogen-bond acceptors (Lipinski definition) is 0. The maximum absolute atomic E-state index is 5.39. The zero-order valence-corrected chi connectivity index (χ0v) is 6.37. The second-order valence-corrected chi connectivity index (χ2v) is 2.10. The van der Waals surface area contributed by atoms with Gasteiger partial charge < -0.3 is 0 Å². The van der Waals surface area contributed by atoms with E-state index in [1.165, 1.54) is 0 Å². The van der Waals surface area contributed by atoms with Crippen LogP contribution in [0.2, 0.25) is 0 Å². The van der Waals surface area contributed by atoms with Crippen molar-refractivity contribution >= 4 is 27.5 Å². The van der Waals surface area contributed by atoms with Gasteiger partial charge in [-0.05, 0) is 17.8 Å². The Hall–Kier alpha value is 0.510. The molecule has 7 heavy (non-hydrogen) atoms. The van der Waals surface area contributed by atoms with Crippen LogP contribution in [0.1, 0.15) is 12.8 Å². The quantitative estimate of drug-likeness (QED) is 0.466. The van der Waals surface area contributed by atoms with Gasteiger partial charge in [-0.3, -0.25) is 0 Å². The van der Waals surface area contributed by atoms with E-state index < -0.39 is 0 Å². The highest BCUT2D eigenvalue weighted by molar-refractivity contribution is 9.11. The predicted octanol–water partition coefficient (Wildman–Crippen LogP) is 2.91. The van der Waals surface area contributed by atoms with E-state index in [0.717, 1.165) is 18.7 Å². The van der Waals surface area contributed by atoms with Crippen molar-refractivity contribution in [3.63, 3.8) is 0 Å². The van der Waals surface area contributed by atoms with Gasteiger partial charge in [0.2, 0.25) is 0 Å². The summed E-state index contributed by atoms with van der Waals surface area (Å²) in [6, 6.07) is 0. The lowest BCUT2D eigenvalue weighted by atomic mass is 10.3. The van der Waals surface area contributed by atoms with Gasteiger partial charge in [-0.2, -0.15) is 0 Å². The first-order valence-electron chi connectivity index (χ1n) is 2.23. The summed E-state index contributed by atoms with van der Waals surface area (Å²) < 4.78 is 0. The molecule has 0 radical (unpaired) electrons. The molecular weight excluding hydrogens is 175 g/mol. The summed E-state index contributed by atoms with van der Waals surface area (Å²) in [5.41, 5.74) is 0. The van der Waals surface area contributed by atoms with Gasteiger partial charge in [0.05, 0.1) is 0 Å². The minimum Gasteiger partial charge on any atom is -0.127 e. The van der Waals surface area contributed by atoms with Crippen LogP contribution in [0.25, 0.3) is 0 Å². The molecule has 0 N–H and O–H groups in total. The van der Waals surface area contributed by atoms with Crippen molar-refractivity contribution in [3.05, 3.63) is 11.1 Å². The van der Waals surface area contributed by atoms with E-state index in [-0.39, 0.29) is 0 Å². The standard InChI is InChI=1S/C5H8BrCl/c6-4-2-1-3-5-7/h2,4H,1,3,5H2/b4-2+. The largest absolute Gasteiger partial charge is 0.127 e. The molecule has 42 valence electrons. The van der Waals surface area contributed by atoms with Crippen molar-refractivity contribution in [1.29, 1.82) is 0 Å². The van der Waals surface area contributed by atoms with Crippen LogP contribution in [0, 0.1) is 0 Å². The Labute approximate surface area is 57.7 Å². The summed E-state index contributed by atoms with van der Waals surface area (Å²) in [4.78, 5) is 1.86. The van der Waals surface area contributed by atoms with E-state index in [0.29, 0.717) is 0 Å². The van der Waals surface area contributed by atoms with Gasteiger partial charge in [-0.1, -0.05) is 22.0 Å². The van der Waals surface area contributed by atoms with Crippen molar-refractivity contribution in [3.8, 4) is 0 Å². The molecule has 0 saturated heterocycles. The molecule has 0 fully saturated rings. The van der Waals surface area contributed by atoms with E-state index in [9.17, 15) is 0 Å². The molecule has 0 heterocycles. The van der Waals surface area contributed by atoms with E-state index in [1.54, 1.807) is 0 Å². The Bertz CT molecular complexity index is 52.0. The zero-order valence-electron chi connectivity index (χ0n) is 4.03. The average molecular weight is 183 g/mol. The van der Waals surface area contributed by atoms with Crippen LogP contribution in [0.15, 0.2) is 11.1 Å². The van der Waals surface area contributed by atoms with Crippen molar-refractivity contribution in [1.82, 2.24) is 0 Å². The fourth-order valence-electron chi connectivity index (χ4n) is 0.258. The van der Waals surface area contributed by atoms with E-state index in [1.807, 2.05) is 11.1 Å². The molecule has 0 aliphatic carbocycles. The number of hydrogen-bond donors (Lipinski definition) is 0. The van der Waals surface area contributed by atoms with Crippen molar-refractivity contribution < 1.29 is 0 Å². The zero-order chi connectivity index (χ0) is 5.54. The maximum atomic E-state index is 5.39. The summed E-state index contributed by atoms with van der Waals surface area (Å²) in [7, 11) is 0. The van der Waals surface area contributed by atoms with Crippen LogP contribution >= 0.6 is 27.5 Å². The average Bonchev–Trinajstić information content (AvgIpc) is 1.69. The predicted molar refractivity (Wildman–Crippen MR) is 38.0 cm³/mol. The van der Waals surface area contributed by atoms with Crippen LogP contribution in [0.3, 0.4) is 0 Å². The SMILES string of the molecule is ClCCC/C=C/Br. The van der Waals surface area contributed by atoms with Crippen LogP contribution in [0.5, 0.6) is 0 Å². The number of rotatable bonds is 3. The van der Waals surface area contributed by atoms with Crippen LogP contribution in [0.4, 0.5) is 0 Å². The highest BCUT2D eigenvalue weighted by Crippen LogP contribution is 1.94. The second kappa shape index (κ2) is 6.51. The summed E-state index contributed by atoms with van der Waals surface area (Å²) in [6.07, 6.45) is 4.20. The third-order valence-corrected chi connectivity index (χ3v) is 1.23. The molecule has 0 aliphatic heterocycles. The molecule has 0 bridgehead atoms. The molecule has 0 aliphatic rings. The Morgan fingerprint density at radius 2 is 2.29 bits per heavy atom. The van der Waals surface area contributed by atoms with Gasteiger partial charge in [0, 0.05) is 5.88 Å². The minimum absolute atomic E-state index is 0.761. The molecule has 0 rings (SSSR count). The highest BCUT2D eigenvalue weighted by Gasteiger charge is 1.75. The lowest BCUT2D eigenvalue weighted by molar-refractivity contribution is 0.968. The molecule has 0 atom stereocenters. The first-order chi connectivity index (χ1) is 3.41. The molecule has 0 unspecified atom stereocenters. The summed E-state index contributed by atoms with van der Waals surface area (Å²) in [5, 5.41) is 0. The van der Waals surface area contributed by atoms with Gasteiger partial charge >= 0.3 is 0 Å². The third kappa shape index (κ3) is 6.51. The third-order valence-electron chi connectivity index (χ3n) is 0.594. The first kappa shape index (κ1) is 7.51. The Morgan fingerprint density at radius 1 is 1.57 bits per heavy atom. The van der Waals surface area contributed by atoms with E-state index >= 15 is 0 Å². The molecule has 2 heteroatoms. The topological polar surface area (TPSA) is 0 Å². The summed E-state index contributed by atoms with van der Waals surface area (Å²) >= 11 is 8.54. The molecule has 0 aromatic heterocycles. The number of allylic oxidation sites excluding steroid dienone is 1. The summed E-state index contributed by atoms with van der Waals surface area (Å²) in [5.74, 6) is 0.761. The lowest BCUT2D eigenvalue weighted by Gasteiger charge is -1.81.